The molecule has 7 heavy (non-hydrogen) atoms. The fraction of sp³-hybridized carbons (Fsp3) is 0. The summed E-state index contributed by atoms with van der Waals surface area (Å²) in [5, 5.41) is 2.72. The van der Waals surface area contributed by atoms with Crippen LogP contribution in [-0.4, -0.2) is 0 Å². The molecule has 0 aliphatic carbocycles. The first-order chi connectivity index (χ1) is 3.39. The highest BCUT2D eigenvalue weighted by Crippen LogP contribution is 1.87. The van der Waals surface area contributed by atoms with Crippen LogP contribution in [0.5, 0.6) is 0 Å². The molecule has 3 nitrogen and oxygen atoms in total. The standard InChI is InChI=1S/C4H6N2O/c5-4-3-7-2-1-6-4/h1-3,6H,5H2. The van der Waals surface area contributed by atoms with Crippen molar-refractivity contribution in [3.63, 3.8) is 0 Å². The quantitative estimate of drug-likeness (QED) is 0.442. The van der Waals surface area contributed by atoms with Crippen LogP contribution in [0.25, 0.3) is 0 Å². The molecule has 38 valence electrons. The molecule has 0 amide bonds. The number of hydrogen-bond acceptors (Lipinski definition) is 3. The summed E-state index contributed by atoms with van der Waals surface area (Å²) in [4.78, 5) is 0. The van der Waals surface area contributed by atoms with Gasteiger partial charge in [-0.1, -0.05) is 0 Å². The molecule has 0 aromatic carbocycles. The van der Waals surface area contributed by atoms with Crippen molar-refractivity contribution in [3.05, 3.63) is 24.5 Å². The average molecular weight is 98.1 g/mol. The number of ether oxygens (including phenoxy) is 1. The van der Waals surface area contributed by atoms with Crippen molar-refractivity contribution in [2.24, 2.45) is 5.73 Å². The number of nitrogens with one attached hydrogen (secondary N) is 1. The van der Waals surface area contributed by atoms with E-state index in [1.165, 1.54) is 12.5 Å². The van der Waals surface area contributed by atoms with Crippen molar-refractivity contribution in [3.8, 4) is 0 Å². The fourth-order valence-corrected chi connectivity index (χ4v) is 0.316. The Labute approximate surface area is 41.5 Å². The average Bonchev–Trinajstić information content (AvgIpc) is 1.69. The largest absolute Gasteiger partial charge is 0.467 e. The Kier molecular flexibility index (Phi) is 0.898. The first kappa shape index (κ1) is 4.05. The van der Waals surface area contributed by atoms with Crippen molar-refractivity contribution in [1.29, 1.82) is 0 Å². The lowest BCUT2D eigenvalue weighted by molar-refractivity contribution is 0.382. The van der Waals surface area contributed by atoms with Crippen LogP contribution in [0.4, 0.5) is 0 Å². The Morgan fingerprint density at radius 3 is 2.86 bits per heavy atom. The van der Waals surface area contributed by atoms with E-state index >= 15 is 0 Å². The zero-order valence-electron chi connectivity index (χ0n) is 3.72. The SMILES string of the molecule is NC1=COC=CN1. The molecular weight excluding hydrogens is 92.1 g/mol. The Hall–Kier alpha value is -1.12. The van der Waals surface area contributed by atoms with E-state index in [1.807, 2.05) is 0 Å². The maximum Gasteiger partial charge on any atom is 0.136 e. The van der Waals surface area contributed by atoms with Crippen LogP contribution in [-0.2, 0) is 4.74 Å². The van der Waals surface area contributed by atoms with Crippen molar-refractivity contribution in [2.45, 2.75) is 0 Å². The van der Waals surface area contributed by atoms with Gasteiger partial charge >= 0.3 is 0 Å². The number of hydrogen-bond donors (Lipinski definition) is 2. The van der Waals surface area contributed by atoms with E-state index in [9.17, 15) is 0 Å². The molecule has 3 N–H and O–H groups in total. The number of nitrogens with two attached hydrogens (primary N) is 1. The van der Waals surface area contributed by atoms with Gasteiger partial charge in [0.1, 0.15) is 18.3 Å². The van der Waals surface area contributed by atoms with E-state index in [1.54, 1.807) is 6.20 Å². The van der Waals surface area contributed by atoms with E-state index in [0.717, 1.165) is 0 Å². The molecule has 0 radical (unpaired) electrons. The zero-order chi connectivity index (χ0) is 5.11. The Balaban J connectivity index is 2.50. The van der Waals surface area contributed by atoms with Gasteiger partial charge in [-0.15, -0.1) is 0 Å². The van der Waals surface area contributed by atoms with E-state index in [0.29, 0.717) is 5.82 Å². The lowest BCUT2D eigenvalue weighted by atomic mass is 10.7. The molecule has 1 heterocycles. The second-order valence-corrected chi connectivity index (χ2v) is 1.16. The van der Waals surface area contributed by atoms with Gasteiger partial charge in [-0.2, -0.15) is 0 Å². The second-order valence-electron chi connectivity index (χ2n) is 1.16. The molecular formula is C4H6N2O. The van der Waals surface area contributed by atoms with Crippen LogP contribution in [0, 0.1) is 0 Å². The summed E-state index contributed by atoms with van der Waals surface area (Å²) < 4.78 is 4.65. The second kappa shape index (κ2) is 1.55. The van der Waals surface area contributed by atoms with Crippen molar-refractivity contribution >= 4 is 0 Å². The highest BCUT2D eigenvalue weighted by molar-refractivity contribution is 4.98. The minimum absolute atomic E-state index is 0.530. The zero-order valence-corrected chi connectivity index (χ0v) is 3.72. The van der Waals surface area contributed by atoms with Crippen LogP contribution in [0.15, 0.2) is 24.5 Å². The highest BCUT2D eigenvalue weighted by Gasteiger charge is 1.86. The van der Waals surface area contributed by atoms with Gasteiger partial charge in [0.05, 0.1) is 0 Å². The van der Waals surface area contributed by atoms with E-state index in [2.05, 4.69) is 10.1 Å². The van der Waals surface area contributed by atoms with Gasteiger partial charge in [-0.3, -0.25) is 0 Å². The lowest BCUT2D eigenvalue weighted by Crippen LogP contribution is -2.15. The third-order valence-electron chi connectivity index (χ3n) is 0.592. The molecule has 1 rings (SSSR count). The molecule has 1 aliphatic rings. The summed E-state index contributed by atoms with van der Waals surface area (Å²) in [6, 6.07) is 0. The van der Waals surface area contributed by atoms with Gasteiger partial charge in [0.25, 0.3) is 0 Å². The normalized spacial score (nSPS) is 16.9. The van der Waals surface area contributed by atoms with Crippen LogP contribution >= 0.6 is 0 Å². The van der Waals surface area contributed by atoms with Crippen LogP contribution in [0.2, 0.25) is 0 Å². The molecule has 0 saturated heterocycles. The predicted molar refractivity (Wildman–Crippen MR) is 25.6 cm³/mol. The van der Waals surface area contributed by atoms with Gasteiger partial charge < -0.3 is 15.8 Å². The first-order valence-electron chi connectivity index (χ1n) is 1.92. The van der Waals surface area contributed by atoms with Gasteiger partial charge in [0.15, 0.2) is 0 Å². The summed E-state index contributed by atoms with van der Waals surface area (Å²) in [6.45, 7) is 0. The molecule has 0 unspecified atom stereocenters. The van der Waals surface area contributed by atoms with Gasteiger partial charge in [-0.25, -0.2) is 0 Å². The first-order valence-corrected chi connectivity index (χ1v) is 1.92. The van der Waals surface area contributed by atoms with E-state index < -0.39 is 0 Å². The molecule has 0 aromatic rings. The van der Waals surface area contributed by atoms with Crippen LogP contribution in [0.1, 0.15) is 0 Å². The molecule has 1 aliphatic heterocycles. The topological polar surface area (TPSA) is 47.3 Å². The lowest BCUT2D eigenvalue weighted by Gasteiger charge is -2.03. The molecule has 0 saturated carbocycles. The summed E-state index contributed by atoms with van der Waals surface area (Å²) in [5.41, 5.74) is 5.21. The van der Waals surface area contributed by atoms with Crippen LogP contribution in [0.3, 0.4) is 0 Å². The molecule has 0 fully saturated rings. The van der Waals surface area contributed by atoms with Gasteiger partial charge in [0, 0.05) is 6.20 Å². The summed E-state index contributed by atoms with van der Waals surface area (Å²) in [5.74, 6) is 0.530. The summed E-state index contributed by atoms with van der Waals surface area (Å²) >= 11 is 0. The van der Waals surface area contributed by atoms with E-state index in [4.69, 9.17) is 5.73 Å². The fourth-order valence-electron chi connectivity index (χ4n) is 0.316. The minimum Gasteiger partial charge on any atom is -0.467 e. The van der Waals surface area contributed by atoms with Gasteiger partial charge in [0.2, 0.25) is 0 Å². The highest BCUT2D eigenvalue weighted by atomic mass is 16.5. The third kappa shape index (κ3) is 0.855. The molecule has 0 bridgehead atoms. The summed E-state index contributed by atoms with van der Waals surface area (Å²) in [7, 11) is 0. The molecule has 3 heteroatoms. The van der Waals surface area contributed by atoms with Crippen LogP contribution < -0.4 is 11.1 Å². The predicted octanol–water partition coefficient (Wildman–Crippen LogP) is -0.165. The smallest absolute Gasteiger partial charge is 0.136 e. The van der Waals surface area contributed by atoms with E-state index in [-0.39, 0.29) is 0 Å². The van der Waals surface area contributed by atoms with Gasteiger partial charge in [-0.05, 0) is 0 Å². The molecule has 0 aromatic heterocycles. The Bertz CT molecular complexity index is 117. The maximum absolute atomic E-state index is 5.21. The van der Waals surface area contributed by atoms with Crippen molar-refractivity contribution in [2.75, 3.05) is 0 Å². The minimum atomic E-state index is 0.530. The molecule has 0 spiro atoms. The molecule has 0 atom stereocenters. The monoisotopic (exact) mass is 98.0 g/mol. The Morgan fingerprint density at radius 2 is 2.57 bits per heavy atom. The van der Waals surface area contributed by atoms with Crippen molar-refractivity contribution in [1.82, 2.24) is 5.32 Å². The Morgan fingerprint density at radius 1 is 1.71 bits per heavy atom. The third-order valence-corrected chi connectivity index (χ3v) is 0.592. The maximum atomic E-state index is 5.21. The summed E-state index contributed by atoms with van der Waals surface area (Å²) in [6.07, 6.45) is 4.56. The van der Waals surface area contributed by atoms with Crippen molar-refractivity contribution < 1.29 is 4.74 Å². The number of rotatable bonds is 0.